The number of rotatable bonds is 4. The number of thiophene rings is 1. The Hall–Kier alpha value is -2.67. The molecule has 1 aliphatic heterocycles. The average Bonchev–Trinajstić information content (AvgIpc) is 3.32. The van der Waals surface area contributed by atoms with E-state index >= 15 is 0 Å². The molecule has 0 spiro atoms. The van der Waals surface area contributed by atoms with Gasteiger partial charge in [0, 0.05) is 24.9 Å². The number of nitrogens with zero attached hydrogens (tertiary/aromatic N) is 2. The van der Waals surface area contributed by atoms with E-state index in [0.29, 0.717) is 11.4 Å². The number of piperidine rings is 1. The molecule has 1 aromatic carbocycles. The third-order valence-corrected chi connectivity index (χ3v) is 6.50. The van der Waals surface area contributed by atoms with E-state index in [9.17, 15) is 9.59 Å². The summed E-state index contributed by atoms with van der Waals surface area (Å²) in [5.74, 6) is 1.45. The minimum absolute atomic E-state index is 0.0396. The van der Waals surface area contributed by atoms with Gasteiger partial charge in [0.15, 0.2) is 0 Å². The van der Waals surface area contributed by atoms with Gasteiger partial charge in [0.1, 0.15) is 5.82 Å². The van der Waals surface area contributed by atoms with Crippen LogP contribution in [0.25, 0.3) is 11.0 Å². The van der Waals surface area contributed by atoms with Gasteiger partial charge in [0.2, 0.25) is 5.91 Å². The van der Waals surface area contributed by atoms with E-state index < -0.39 is 0 Å². The maximum absolute atomic E-state index is 13.0. The minimum Gasteiger partial charge on any atom is -0.342 e. The van der Waals surface area contributed by atoms with Gasteiger partial charge < -0.3 is 15.2 Å². The Bertz CT molecular complexity index is 1000. The highest BCUT2D eigenvalue weighted by Crippen LogP contribution is 2.33. The summed E-state index contributed by atoms with van der Waals surface area (Å²) in [6.07, 6.45) is 3.93. The van der Waals surface area contributed by atoms with E-state index in [1.807, 2.05) is 41.3 Å². The lowest BCUT2D eigenvalue weighted by Gasteiger charge is -2.31. The van der Waals surface area contributed by atoms with Crippen molar-refractivity contribution in [3.63, 3.8) is 0 Å². The van der Waals surface area contributed by atoms with Crippen LogP contribution < -0.4 is 5.32 Å². The van der Waals surface area contributed by atoms with E-state index in [-0.39, 0.29) is 23.7 Å². The van der Waals surface area contributed by atoms with Crippen LogP contribution in [0.15, 0.2) is 36.4 Å². The van der Waals surface area contributed by atoms with E-state index in [1.54, 1.807) is 0 Å². The molecule has 144 valence electrons. The summed E-state index contributed by atoms with van der Waals surface area (Å²) in [6.45, 7) is 1.43. The SMILES string of the molecule is O=C(Nc1ccc(C(=O)N2CCC[C@@H](c3nc4ccccc4[nH]3)C2)s1)C1CC1. The summed E-state index contributed by atoms with van der Waals surface area (Å²) >= 11 is 1.36. The molecule has 2 N–H and O–H groups in total. The quantitative estimate of drug-likeness (QED) is 0.702. The summed E-state index contributed by atoms with van der Waals surface area (Å²) in [5, 5.41) is 3.68. The lowest BCUT2D eigenvalue weighted by molar-refractivity contribution is -0.117. The number of hydrogen-bond acceptors (Lipinski definition) is 4. The Balaban J connectivity index is 1.28. The number of likely N-dealkylation sites (tertiary alicyclic amines) is 1. The molecule has 1 aliphatic carbocycles. The predicted octanol–water partition coefficient (Wildman–Crippen LogP) is 3.99. The number of fused-ring (bicyclic) bond motifs is 1. The van der Waals surface area contributed by atoms with Crippen LogP contribution in [0.1, 0.15) is 47.1 Å². The summed E-state index contributed by atoms with van der Waals surface area (Å²) in [5.41, 5.74) is 2.01. The fourth-order valence-corrected chi connectivity index (χ4v) is 4.67. The first-order valence-corrected chi connectivity index (χ1v) is 10.6. The van der Waals surface area contributed by atoms with Gasteiger partial charge in [-0.05, 0) is 49.9 Å². The standard InChI is InChI=1S/C21H22N4O2S/c26-20(13-7-8-13)24-18-10-9-17(28-18)21(27)25-11-3-4-14(12-25)19-22-15-5-1-2-6-16(15)23-19/h1-2,5-6,9-10,13-14H,3-4,7-8,11-12H2,(H,22,23)(H,24,26)/t14-/m1/s1. The summed E-state index contributed by atoms with van der Waals surface area (Å²) in [7, 11) is 0. The van der Waals surface area contributed by atoms with Crippen LogP contribution in [0.3, 0.4) is 0 Å². The molecule has 0 unspecified atom stereocenters. The Kier molecular flexibility index (Phi) is 4.39. The molecule has 28 heavy (non-hydrogen) atoms. The Morgan fingerprint density at radius 3 is 2.82 bits per heavy atom. The zero-order valence-corrected chi connectivity index (χ0v) is 16.3. The van der Waals surface area contributed by atoms with Crippen LogP contribution in [0, 0.1) is 5.92 Å². The van der Waals surface area contributed by atoms with Gasteiger partial charge in [0.05, 0.1) is 20.9 Å². The van der Waals surface area contributed by atoms with Crippen molar-refractivity contribution < 1.29 is 9.59 Å². The van der Waals surface area contributed by atoms with Gasteiger partial charge in [-0.3, -0.25) is 9.59 Å². The molecule has 7 heteroatoms. The molecule has 6 nitrogen and oxygen atoms in total. The number of nitrogens with one attached hydrogen (secondary N) is 2. The van der Waals surface area contributed by atoms with Crippen LogP contribution >= 0.6 is 11.3 Å². The molecule has 0 bridgehead atoms. The Morgan fingerprint density at radius 1 is 1.14 bits per heavy atom. The molecule has 3 heterocycles. The normalized spacial score (nSPS) is 19.7. The van der Waals surface area contributed by atoms with Crippen molar-refractivity contribution in [1.29, 1.82) is 0 Å². The highest BCUT2D eigenvalue weighted by Gasteiger charge is 2.31. The van der Waals surface area contributed by atoms with Crippen molar-refractivity contribution in [3.05, 3.63) is 47.1 Å². The largest absolute Gasteiger partial charge is 0.342 e. The number of amides is 2. The van der Waals surface area contributed by atoms with Gasteiger partial charge >= 0.3 is 0 Å². The third-order valence-electron chi connectivity index (χ3n) is 5.51. The molecular formula is C21H22N4O2S. The summed E-state index contributed by atoms with van der Waals surface area (Å²) < 4.78 is 0. The molecule has 2 amide bonds. The number of imidazole rings is 1. The van der Waals surface area contributed by atoms with Crippen molar-refractivity contribution >= 4 is 39.2 Å². The maximum atomic E-state index is 13.0. The number of carbonyl (C=O) groups is 2. The van der Waals surface area contributed by atoms with Gasteiger partial charge in [-0.1, -0.05) is 12.1 Å². The molecule has 1 atom stereocenters. The number of para-hydroxylation sites is 2. The van der Waals surface area contributed by atoms with E-state index in [2.05, 4.69) is 10.3 Å². The van der Waals surface area contributed by atoms with Crippen molar-refractivity contribution in [3.8, 4) is 0 Å². The molecule has 1 saturated heterocycles. The topological polar surface area (TPSA) is 78.1 Å². The van der Waals surface area contributed by atoms with Crippen LogP contribution in [-0.4, -0.2) is 39.8 Å². The molecule has 2 aliphatic rings. The molecule has 2 aromatic heterocycles. The molecule has 0 radical (unpaired) electrons. The Morgan fingerprint density at radius 2 is 2.00 bits per heavy atom. The van der Waals surface area contributed by atoms with Gasteiger partial charge in [-0.15, -0.1) is 11.3 Å². The van der Waals surface area contributed by atoms with Crippen LogP contribution in [-0.2, 0) is 4.79 Å². The second kappa shape index (κ2) is 7.05. The zero-order chi connectivity index (χ0) is 19.1. The van der Waals surface area contributed by atoms with E-state index in [0.717, 1.165) is 54.1 Å². The summed E-state index contributed by atoms with van der Waals surface area (Å²) in [4.78, 5) is 35.6. The number of carbonyl (C=O) groups excluding carboxylic acids is 2. The first kappa shape index (κ1) is 17.4. The first-order valence-electron chi connectivity index (χ1n) is 9.82. The smallest absolute Gasteiger partial charge is 0.264 e. The van der Waals surface area contributed by atoms with Crippen LogP contribution in [0.5, 0.6) is 0 Å². The fourth-order valence-electron chi connectivity index (χ4n) is 3.80. The van der Waals surface area contributed by atoms with Crippen molar-refractivity contribution in [2.45, 2.75) is 31.6 Å². The first-order chi connectivity index (χ1) is 13.7. The zero-order valence-electron chi connectivity index (χ0n) is 15.5. The average molecular weight is 395 g/mol. The third kappa shape index (κ3) is 3.42. The second-order valence-corrected chi connectivity index (χ2v) is 8.74. The maximum Gasteiger partial charge on any atom is 0.264 e. The van der Waals surface area contributed by atoms with Crippen LogP contribution in [0.4, 0.5) is 5.00 Å². The van der Waals surface area contributed by atoms with Gasteiger partial charge in [-0.2, -0.15) is 0 Å². The second-order valence-electron chi connectivity index (χ2n) is 7.66. The number of hydrogen-bond donors (Lipinski definition) is 2. The predicted molar refractivity (Wildman–Crippen MR) is 110 cm³/mol. The molecule has 3 aromatic rings. The summed E-state index contributed by atoms with van der Waals surface area (Å²) in [6, 6.07) is 11.7. The fraction of sp³-hybridized carbons (Fsp3) is 0.381. The number of anilines is 1. The lowest BCUT2D eigenvalue weighted by atomic mass is 9.97. The van der Waals surface area contributed by atoms with E-state index in [1.165, 1.54) is 11.3 Å². The van der Waals surface area contributed by atoms with Gasteiger partial charge in [0.25, 0.3) is 5.91 Å². The number of H-pyrrole nitrogens is 1. The molecular weight excluding hydrogens is 372 g/mol. The minimum atomic E-state index is 0.0396. The van der Waals surface area contributed by atoms with Crippen LogP contribution in [0.2, 0.25) is 0 Å². The number of aromatic amines is 1. The van der Waals surface area contributed by atoms with Crippen molar-refractivity contribution in [1.82, 2.24) is 14.9 Å². The molecule has 1 saturated carbocycles. The lowest BCUT2D eigenvalue weighted by Crippen LogP contribution is -2.39. The highest BCUT2D eigenvalue weighted by atomic mass is 32.1. The number of aromatic nitrogens is 2. The highest BCUT2D eigenvalue weighted by molar-refractivity contribution is 7.18. The van der Waals surface area contributed by atoms with Crippen molar-refractivity contribution in [2.24, 2.45) is 5.92 Å². The van der Waals surface area contributed by atoms with Gasteiger partial charge in [-0.25, -0.2) is 4.98 Å². The van der Waals surface area contributed by atoms with Crippen molar-refractivity contribution in [2.75, 3.05) is 18.4 Å². The molecule has 5 rings (SSSR count). The molecule has 2 fully saturated rings. The van der Waals surface area contributed by atoms with E-state index in [4.69, 9.17) is 4.98 Å². The monoisotopic (exact) mass is 394 g/mol. The number of benzene rings is 1. The Labute approximate surface area is 167 Å².